The number of halogens is 1. The van der Waals surface area contributed by atoms with Crippen LogP contribution in [0.2, 0.25) is 5.02 Å². The van der Waals surface area contributed by atoms with E-state index in [0.29, 0.717) is 10.6 Å². The Bertz CT molecular complexity index is 783. The van der Waals surface area contributed by atoms with Gasteiger partial charge in [-0.25, -0.2) is 0 Å². The van der Waals surface area contributed by atoms with Gasteiger partial charge < -0.3 is 33.9 Å². The molecule has 0 amide bonds. The van der Waals surface area contributed by atoms with E-state index in [1.165, 1.54) is 18.2 Å². The lowest BCUT2D eigenvalue weighted by Gasteiger charge is -2.43. The van der Waals surface area contributed by atoms with Crippen LogP contribution in [0.15, 0.2) is 18.2 Å². The maximum absolute atomic E-state index is 11.7. The van der Waals surface area contributed by atoms with Crippen molar-refractivity contribution in [2.75, 3.05) is 6.61 Å². The van der Waals surface area contributed by atoms with Crippen LogP contribution in [0.1, 0.15) is 26.3 Å². The summed E-state index contributed by atoms with van der Waals surface area (Å²) in [6.45, 7) is 2.35. The first-order valence-electron chi connectivity index (χ1n) is 9.00. The number of esters is 3. The predicted molar refractivity (Wildman–Crippen MR) is 100 cm³/mol. The second-order valence-electron chi connectivity index (χ2n) is 6.48. The molecule has 2 N–H and O–H groups in total. The predicted octanol–water partition coefficient (Wildman–Crippen LogP) is 0.723. The quantitative estimate of drug-likeness (QED) is 0.455. The molecule has 166 valence electrons. The molecular weight excluding hydrogens is 424 g/mol. The third kappa shape index (κ3) is 6.05. The van der Waals surface area contributed by atoms with Gasteiger partial charge in [0, 0.05) is 31.4 Å². The summed E-state index contributed by atoms with van der Waals surface area (Å²) >= 11 is 5.92. The SMILES string of the molecule is CC(=O)O[C@@H]1[C@@H](OC(C)=O)[C@H](Oc2ccc(Cl)cc2CO)O[C@H](CO)[C@H]1OC(C)=O. The van der Waals surface area contributed by atoms with Crippen LogP contribution in [0.5, 0.6) is 5.75 Å². The van der Waals surface area contributed by atoms with Crippen molar-refractivity contribution in [1.82, 2.24) is 0 Å². The molecule has 1 aliphatic rings. The lowest BCUT2D eigenvalue weighted by atomic mass is 9.98. The summed E-state index contributed by atoms with van der Waals surface area (Å²) in [7, 11) is 0. The Labute approximate surface area is 177 Å². The maximum Gasteiger partial charge on any atom is 0.303 e. The summed E-state index contributed by atoms with van der Waals surface area (Å²) in [6, 6.07) is 4.44. The van der Waals surface area contributed by atoms with Gasteiger partial charge in [0.2, 0.25) is 12.4 Å². The molecule has 30 heavy (non-hydrogen) atoms. The van der Waals surface area contributed by atoms with Crippen LogP contribution in [0.4, 0.5) is 0 Å². The van der Waals surface area contributed by atoms with Crippen LogP contribution < -0.4 is 4.74 Å². The van der Waals surface area contributed by atoms with E-state index in [1.54, 1.807) is 0 Å². The summed E-state index contributed by atoms with van der Waals surface area (Å²) in [4.78, 5) is 34.9. The van der Waals surface area contributed by atoms with Gasteiger partial charge in [-0.2, -0.15) is 0 Å². The molecule has 11 heteroatoms. The van der Waals surface area contributed by atoms with E-state index in [2.05, 4.69) is 0 Å². The minimum atomic E-state index is -1.37. The fourth-order valence-electron chi connectivity index (χ4n) is 3.01. The van der Waals surface area contributed by atoms with E-state index in [1.807, 2.05) is 0 Å². The van der Waals surface area contributed by atoms with Gasteiger partial charge in [0.25, 0.3) is 0 Å². The molecule has 1 aromatic carbocycles. The van der Waals surface area contributed by atoms with Crippen molar-refractivity contribution in [1.29, 1.82) is 0 Å². The smallest absolute Gasteiger partial charge is 0.303 e. The zero-order chi connectivity index (χ0) is 22.4. The van der Waals surface area contributed by atoms with Crippen LogP contribution in [-0.4, -0.2) is 65.4 Å². The lowest BCUT2D eigenvalue weighted by molar-refractivity contribution is -0.288. The molecule has 0 unspecified atom stereocenters. The molecule has 10 nitrogen and oxygen atoms in total. The van der Waals surface area contributed by atoms with Gasteiger partial charge in [0.1, 0.15) is 11.9 Å². The molecule has 1 fully saturated rings. The van der Waals surface area contributed by atoms with Crippen molar-refractivity contribution in [2.24, 2.45) is 0 Å². The van der Waals surface area contributed by atoms with Crippen LogP contribution in [-0.2, 0) is 39.9 Å². The Morgan fingerprint density at radius 1 is 0.967 bits per heavy atom. The molecule has 0 saturated carbocycles. The lowest BCUT2D eigenvalue weighted by Crippen LogP contribution is -2.63. The van der Waals surface area contributed by atoms with Gasteiger partial charge >= 0.3 is 17.9 Å². The Morgan fingerprint density at radius 2 is 1.53 bits per heavy atom. The molecular formula is C19H23ClO10. The molecule has 1 aliphatic heterocycles. The number of rotatable bonds is 7. The minimum absolute atomic E-state index is 0.160. The normalized spacial score (nSPS) is 25.9. The Hall–Kier alpha value is -2.40. The molecule has 0 aliphatic carbocycles. The first kappa shape index (κ1) is 23.9. The second kappa shape index (κ2) is 10.6. The third-order valence-corrected chi connectivity index (χ3v) is 4.35. The second-order valence-corrected chi connectivity index (χ2v) is 6.91. The minimum Gasteiger partial charge on any atom is -0.460 e. The van der Waals surface area contributed by atoms with Crippen molar-refractivity contribution in [3.05, 3.63) is 28.8 Å². The molecule has 0 bridgehead atoms. The highest BCUT2D eigenvalue weighted by Crippen LogP contribution is 2.32. The zero-order valence-corrected chi connectivity index (χ0v) is 17.3. The fourth-order valence-corrected chi connectivity index (χ4v) is 3.20. The molecule has 0 radical (unpaired) electrons. The highest BCUT2D eigenvalue weighted by molar-refractivity contribution is 6.30. The summed E-state index contributed by atoms with van der Waals surface area (Å²) in [5.41, 5.74) is 0.319. The number of aliphatic hydroxyl groups excluding tert-OH is 2. The van der Waals surface area contributed by atoms with Crippen molar-refractivity contribution in [3.63, 3.8) is 0 Å². The molecule has 0 aromatic heterocycles. The standard InChI is InChI=1S/C19H23ClO10/c1-9(23)26-16-15(8-22)30-19(18(28-11(3)25)17(16)27-10(2)24)29-14-5-4-13(20)6-12(14)7-21/h4-6,15-19,21-22H,7-8H2,1-3H3/t15-,16-,17+,18-,19-/m1/s1. The molecule has 1 saturated heterocycles. The molecule has 1 heterocycles. The number of aliphatic hydroxyl groups is 2. The van der Waals surface area contributed by atoms with E-state index in [0.717, 1.165) is 20.8 Å². The van der Waals surface area contributed by atoms with Gasteiger partial charge in [0.05, 0.1) is 13.2 Å². The summed E-state index contributed by atoms with van der Waals surface area (Å²) in [6.07, 6.45) is -6.45. The Morgan fingerprint density at radius 3 is 2.07 bits per heavy atom. The average molecular weight is 447 g/mol. The van der Waals surface area contributed by atoms with Crippen molar-refractivity contribution < 1.29 is 48.3 Å². The number of hydrogen-bond donors (Lipinski definition) is 2. The Kier molecular flexibility index (Phi) is 8.42. The van der Waals surface area contributed by atoms with Crippen molar-refractivity contribution in [3.8, 4) is 5.75 Å². The van der Waals surface area contributed by atoms with E-state index in [4.69, 9.17) is 35.3 Å². The average Bonchev–Trinajstić information content (AvgIpc) is 2.66. The van der Waals surface area contributed by atoms with E-state index >= 15 is 0 Å². The first-order valence-corrected chi connectivity index (χ1v) is 9.38. The number of hydrogen-bond acceptors (Lipinski definition) is 10. The van der Waals surface area contributed by atoms with E-state index in [9.17, 15) is 24.6 Å². The highest BCUT2D eigenvalue weighted by atomic mass is 35.5. The summed E-state index contributed by atoms with van der Waals surface area (Å²) in [5.74, 6) is -2.04. The van der Waals surface area contributed by atoms with Crippen LogP contribution in [0.3, 0.4) is 0 Å². The maximum atomic E-state index is 11.7. The first-order chi connectivity index (χ1) is 14.2. The third-order valence-electron chi connectivity index (χ3n) is 4.11. The topological polar surface area (TPSA) is 138 Å². The van der Waals surface area contributed by atoms with Gasteiger partial charge in [-0.3, -0.25) is 14.4 Å². The van der Waals surface area contributed by atoms with E-state index in [-0.39, 0.29) is 5.75 Å². The van der Waals surface area contributed by atoms with Crippen molar-refractivity contribution in [2.45, 2.75) is 58.1 Å². The monoisotopic (exact) mass is 446 g/mol. The van der Waals surface area contributed by atoms with Gasteiger partial charge in [-0.1, -0.05) is 11.6 Å². The molecule has 1 aromatic rings. The van der Waals surface area contributed by atoms with Gasteiger partial charge in [-0.15, -0.1) is 0 Å². The van der Waals surface area contributed by atoms with Gasteiger partial charge in [0.15, 0.2) is 12.2 Å². The van der Waals surface area contributed by atoms with Crippen molar-refractivity contribution >= 4 is 29.5 Å². The molecule has 2 rings (SSSR count). The van der Waals surface area contributed by atoms with E-state index < -0.39 is 61.8 Å². The fraction of sp³-hybridized carbons (Fsp3) is 0.526. The number of benzene rings is 1. The highest BCUT2D eigenvalue weighted by Gasteiger charge is 2.52. The number of carbonyl (C=O) groups is 3. The number of carbonyl (C=O) groups excluding carboxylic acids is 3. The van der Waals surface area contributed by atoms with Gasteiger partial charge in [-0.05, 0) is 18.2 Å². The van der Waals surface area contributed by atoms with Crippen LogP contribution in [0.25, 0.3) is 0 Å². The largest absolute Gasteiger partial charge is 0.460 e. The Balaban J connectivity index is 2.45. The zero-order valence-electron chi connectivity index (χ0n) is 16.6. The molecule has 5 atom stereocenters. The summed E-state index contributed by atoms with van der Waals surface area (Å²) < 4.78 is 27.2. The molecule has 0 spiro atoms. The van der Waals surface area contributed by atoms with Crippen LogP contribution >= 0.6 is 11.6 Å². The number of ether oxygens (including phenoxy) is 5. The summed E-state index contributed by atoms with van der Waals surface area (Å²) in [5, 5.41) is 19.7. The van der Waals surface area contributed by atoms with Crippen LogP contribution in [0, 0.1) is 0 Å².